The van der Waals surface area contributed by atoms with Gasteiger partial charge in [-0.3, -0.25) is 4.79 Å². The minimum atomic E-state index is 0.0689. The number of nitrogens with one attached hydrogen (secondary N) is 1. The first-order chi connectivity index (χ1) is 5.70. The Morgan fingerprint density at radius 2 is 2.25 bits per heavy atom. The largest absolute Gasteiger partial charge is 0.388 e. The number of carbonyl (C=O) groups is 1. The van der Waals surface area contributed by atoms with E-state index in [4.69, 9.17) is 0 Å². The van der Waals surface area contributed by atoms with E-state index in [2.05, 4.69) is 5.32 Å². The standard InChI is InChI=1S/C9H16N2O/c1-11(2)9(12)7-8-5-3-4-6-10-8/h7,10H,3-6H2,1-2H3. The average molecular weight is 168 g/mol. The number of amides is 1. The van der Waals surface area contributed by atoms with Gasteiger partial charge in [0, 0.05) is 32.4 Å². The van der Waals surface area contributed by atoms with Crippen LogP contribution in [0.25, 0.3) is 0 Å². The van der Waals surface area contributed by atoms with Gasteiger partial charge in [0.05, 0.1) is 0 Å². The second kappa shape index (κ2) is 4.14. The van der Waals surface area contributed by atoms with Crippen molar-refractivity contribution in [3.8, 4) is 0 Å². The molecule has 0 bridgehead atoms. The van der Waals surface area contributed by atoms with Crippen LogP contribution in [-0.2, 0) is 4.79 Å². The van der Waals surface area contributed by atoms with E-state index in [1.54, 1.807) is 25.1 Å². The molecule has 0 saturated carbocycles. The summed E-state index contributed by atoms with van der Waals surface area (Å²) < 4.78 is 0. The van der Waals surface area contributed by atoms with Crippen molar-refractivity contribution in [2.45, 2.75) is 19.3 Å². The molecule has 1 N–H and O–H groups in total. The molecule has 0 aromatic rings. The van der Waals surface area contributed by atoms with Crippen molar-refractivity contribution in [1.82, 2.24) is 10.2 Å². The van der Waals surface area contributed by atoms with Gasteiger partial charge in [-0.2, -0.15) is 0 Å². The van der Waals surface area contributed by atoms with Crippen LogP contribution in [-0.4, -0.2) is 31.4 Å². The molecule has 1 amide bonds. The summed E-state index contributed by atoms with van der Waals surface area (Å²) >= 11 is 0. The Bertz CT molecular complexity index is 189. The summed E-state index contributed by atoms with van der Waals surface area (Å²) in [6, 6.07) is 0. The molecule has 0 aliphatic carbocycles. The summed E-state index contributed by atoms with van der Waals surface area (Å²) in [5.41, 5.74) is 1.08. The number of hydrogen-bond donors (Lipinski definition) is 1. The zero-order chi connectivity index (χ0) is 8.97. The van der Waals surface area contributed by atoms with Crippen molar-refractivity contribution in [3.05, 3.63) is 11.8 Å². The quantitative estimate of drug-likeness (QED) is 0.585. The van der Waals surface area contributed by atoms with Crippen LogP contribution in [0, 0.1) is 0 Å². The van der Waals surface area contributed by atoms with Gasteiger partial charge in [-0.1, -0.05) is 0 Å². The molecule has 0 unspecified atom stereocenters. The lowest BCUT2D eigenvalue weighted by molar-refractivity contribution is -0.123. The number of nitrogens with zero attached hydrogens (tertiary/aromatic N) is 1. The third-order valence-electron chi connectivity index (χ3n) is 1.96. The van der Waals surface area contributed by atoms with Gasteiger partial charge in [-0.05, 0) is 19.3 Å². The Hall–Kier alpha value is -0.990. The fourth-order valence-corrected chi connectivity index (χ4v) is 1.18. The van der Waals surface area contributed by atoms with Crippen LogP contribution in [0.5, 0.6) is 0 Å². The Morgan fingerprint density at radius 3 is 2.75 bits per heavy atom. The Kier molecular flexibility index (Phi) is 3.14. The van der Waals surface area contributed by atoms with Gasteiger partial charge < -0.3 is 10.2 Å². The molecule has 68 valence electrons. The van der Waals surface area contributed by atoms with Crippen LogP contribution < -0.4 is 5.32 Å². The maximum Gasteiger partial charge on any atom is 0.247 e. The SMILES string of the molecule is CN(C)C(=O)C=C1CCCCN1. The van der Waals surface area contributed by atoms with Gasteiger partial charge in [0.2, 0.25) is 5.91 Å². The van der Waals surface area contributed by atoms with Gasteiger partial charge in [0.25, 0.3) is 0 Å². The fraction of sp³-hybridized carbons (Fsp3) is 0.667. The molecule has 0 aromatic carbocycles. The van der Waals surface area contributed by atoms with Crippen LogP contribution in [0.4, 0.5) is 0 Å². The molecular weight excluding hydrogens is 152 g/mol. The topological polar surface area (TPSA) is 32.3 Å². The predicted octanol–water partition coefficient (Wildman–Crippen LogP) is 0.732. The van der Waals surface area contributed by atoms with Crippen LogP contribution in [0.2, 0.25) is 0 Å². The molecular formula is C9H16N2O. The van der Waals surface area contributed by atoms with E-state index in [9.17, 15) is 4.79 Å². The monoisotopic (exact) mass is 168 g/mol. The fourth-order valence-electron chi connectivity index (χ4n) is 1.18. The molecule has 0 spiro atoms. The van der Waals surface area contributed by atoms with Crippen LogP contribution in [0.3, 0.4) is 0 Å². The van der Waals surface area contributed by atoms with E-state index in [0.29, 0.717) is 0 Å². The lowest BCUT2D eigenvalue weighted by Gasteiger charge is -2.17. The van der Waals surface area contributed by atoms with E-state index < -0.39 is 0 Å². The van der Waals surface area contributed by atoms with Crippen molar-refractivity contribution in [2.24, 2.45) is 0 Å². The molecule has 1 aliphatic rings. The van der Waals surface area contributed by atoms with Gasteiger partial charge in [-0.15, -0.1) is 0 Å². The normalized spacial score (nSPS) is 20.3. The highest BCUT2D eigenvalue weighted by Gasteiger charge is 2.06. The minimum Gasteiger partial charge on any atom is -0.388 e. The molecule has 1 aliphatic heterocycles. The van der Waals surface area contributed by atoms with E-state index in [-0.39, 0.29) is 5.91 Å². The number of hydrogen-bond acceptors (Lipinski definition) is 2. The smallest absolute Gasteiger partial charge is 0.247 e. The first-order valence-electron chi connectivity index (χ1n) is 4.36. The number of allylic oxidation sites excluding steroid dienone is 1. The van der Waals surface area contributed by atoms with Crippen molar-refractivity contribution >= 4 is 5.91 Å². The van der Waals surface area contributed by atoms with Crippen LogP contribution in [0.15, 0.2) is 11.8 Å². The van der Waals surface area contributed by atoms with E-state index in [0.717, 1.165) is 18.7 Å². The van der Waals surface area contributed by atoms with Crippen molar-refractivity contribution in [2.75, 3.05) is 20.6 Å². The zero-order valence-corrected chi connectivity index (χ0v) is 7.76. The highest BCUT2D eigenvalue weighted by molar-refractivity contribution is 5.87. The maximum atomic E-state index is 11.2. The summed E-state index contributed by atoms with van der Waals surface area (Å²) in [5.74, 6) is 0.0689. The molecule has 1 heterocycles. The number of likely N-dealkylation sites (N-methyl/N-ethyl adjacent to an activating group) is 1. The number of rotatable bonds is 1. The summed E-state index contributed by atoms with van der Waals surface area (Å²) in [5, 5.41) is 3.22. The number of piperidine rings is 1. The maximum absolute atomic E-state index is 11.2. The Balaban J connectivity index is 2.48. The molecule has 12 heavy (non-hydrogen) atoms. The second-order valence-electron chi connectivity index (χ2n) is 3.29. The first kappa shape index (κ1) is 9.10. The van der Waals surface area contributed by atoms with Gasteiger partial charge in [0.15, 0.2) is 0 Å². The zero-order valence-electron chi connectivity index (χ0n) is 7.76. The first-order valence-corrected chi connectivity index (χ1v) is 4.36. The summed E-state index contributed by atoms with van der Waals surface area (Å²) in [6.45, 7) is 1.01. The molecule has 3 nitrogen and oxygen atoms in total. The highest BCUT2D eigenvalue weighted by atomic mass is 16.2. The average Bonchev–Trinajstić information content (AvgIpc) is 2.06. The lowest BCUT2D eigenvalue weighted by Crippen LogP contribution is -2.25. The molecule has 0 aromatic heterocycles. The van der Waals surface area contributed by atoms with Crippen LogP contribution in [0.1, 0.15) is 19.3 Å². The lowest BCUT2D eigenvalue weighted by atomic mass is 10.1. The van der Waals surface area contributed by atoms with Gasteiger partial charge in [0.1, 0.15) is 0 Å². The summed E-state index contributed by atoms with van der Waals surface area (Å²) in [7, 11) is 3.53. The summed E-state index contributed by atoms with van der Waals surface area (Å²) in [4.78, 5) is 12.8. The Morgan fingerprint density at radius 1 is 1.50 bits per heavy atom. The molecule has 0 atom stereocenters. The number of carbonyl (C=O) groups excluding carboxylic acids is 1. The van der Waals surface area contributed by atoms with Gasteiger partial charge >= 0.3 is 0 Å². The Labute approximate surface area is 73.4 Å². The summed E-state index contributed by atoms with van der Waals surface area (Å²) in [6.07, 6.45) is 5.12. The molecule has 1 fully saturated rings. The molecule has 0 radical (unpaired) electrons. The minimum absolute atomic E-state index is 0.0689. The van der Waals surface area contributed by atoms with E-state index in [1.807, 2.05) is 0 Å². The third kappa shape index (κ3) is 2.57. The van der Waals surface area contributed by atoms with Crippen molar-refractivity contribution in [3.63, 3.8) is 0 Å². The van der Waals surface area contributed by atoms with Crippen molar-refractivity contribution < 1.29 is 4.79 Å². The van der Waals surface area contributed by atoms with Crippen LogP contribution >= 0.6 is 0 Å². The molecule has 3 heteroatoms. The molecule has 1 rings (SSSR count). The van der Waals surface area contributed by atoms with Crippen molar-refractivity contribution in [1.29, 1.82) is 0 Å². The third-order valence-corrected chi connectivity index (χ3v) is 1.96. The second-order valence-corrected chi connectivity index (χ2v) is 3.29. The van der Waals surface area contributed by atoms with E-state index in [1.165, 1.54) is 12.8 Å². The van der Waals surface area contributed by atoms with E-state index >= 15 is 0 Å². The van der Waals surface area contributed by atoms with Gasteiger partial charge in [-0.25, -0.2) is 0 Å². The molecule has 1 saturated heterocycles. The highest BCUT2D eigenvalue weighted by Crippen LogP contribution is 2.09. The predicted molar refractivity (Wildman–Crippen MR) is 48.6 cm³/mol.